The number of rotatable bonds is 4. The second-order valence-corrected chi connectivity index (χ2v) is 5.53. The van der Waals surface area contributed by atoms with Crippen LogP contribution in [-0.2, 0) is 16.0 Å². The Hall–Kier alpha value is -1.88. The maximum Gasteiger partial charge on any atom is 0.239 e. The van der Waals surface area contributed by atoms with Crippen molar-refractivity contribution in [1.82, 2.24) is 10.2 Å². The number of piperidine rings is 1. The van der Waals surface area contributed by atoms with E-state index in [4.69, 9.17) is 5.73 Å². The summed E-state index contributed by atoms with van der Waals surface area (Å²) in [6.45, 7) is 1.16. The number of likely N-dealkylation sites (tertiary alicyclic amines) is 1. The van der Waals surface area contributed by atoms with Crippen molar-refractivity contribution in [3.63, 3.8) is 0 Å². The fourth-order valence-corrected chi connectivity index (χ4v) is 2.79. The van der Waals surface area contributed by atoms with Crippen molar-refractivity contribution in [2.24, 2.45) is 11.7 Å². The molecule has 1 heterocycles. The molecule has 1 aliphatic rings. The lowest BCUT2D eigenvalue weighted by Crippen LogP contribution is -2.50. The van der Waals surface area contributed by atoms with Crippen molar-refractivity contribution in [1.29, 1.82) is 0 Å². The van der Waals surface area contributed by atoms with E-state index in [9.17, 15) is 9.59 Å². The zero-order chi connectivity index (χ0) is 15.2. The Morgan fingerprint density at radius 1 is 1.38 bits per heavy atom. The highest BCUT2D eigenvalue weighted by atomic mass is 16.2. The van der Waals surface area contributed by atoms with Crippen LogP contribution in [0, 0.1) is 5.92 Å². The molecule has 0 aliphatic carbocycles. The SMILES string of the molecule is CNC(=O)C1CCCN(C(=O)[C@H](N)Cc2ccccc2)C1. The Labute approximate surface area is 125 Å². The first-order valence-corrected chi connectivity index (χ1v) is 7.41. The topological polar surface area (TPSA) is 75.4 Å². The van der Waals surface area contributed by atoms with Crippen molar-refractivity contribution in [2.75, 3.05) is 20.1 Å². The first kappa shape index (κ1) is 15.5. The van der Waals surface area contributed by atoms with Gasteiger partial charge in [0.15, 0.2) is 0 Å². The van der Waals surface area contributed by atoms with Gasteiger partial charge in [0.25, 0.3) is 0 Å². The minimum Gasteiger partial charge on any atom is -0.359 e. The molecule has 21 heavy (non-hydrogen) atoms. The lowest BCUT2D eigenvalue weighted by molar-refractivity contribution is -0.136. The molecule has 0 bridgehead atoms. The van der Waals surface area contributed by atoms with Crippen LogP contribution in [0.5, 0.6) is 0 Å². The molecule has 0 saturated carbocycles. The van der Waals surface area contributed by atoms with Gasteiger partial charge in [-0.2, -0.15) is 0 Å². The quantitative estimate of drug-likeness (QED) is 0.849. The highest BCUT2D eigenvalue weighted by molar-refractivity contribution is 5.84. The second-order valence-electron chi connectivity index (χ2n) is 5.53. The van der Waals surface area contributed by atoms with E-state index in [1.807, 2.05) is 30.3 Å². The van der Waals surface area contributed by atoms with Gasteiger partial charge in [-0.05, 0) is 24.8 Å². The van der Waals surface area contributed by atoms with E-state index in [0.717, 1.165) is 18.4 Å². The fraction of sp³-hybridized carbons (Fsp3) is 0.500. The molecule has 1 unspecified atom stereocenters. The normalized spacial score (nSPS) is 19.9. The summed E-state index contributed by atoms with van der Waals surface area (Å²) in [6, 6.07) is 9.21. The molecule has 1 saturated heterocycles. The third-order valence-corrected chi connectivity index (χ3v) is 3.97. The number of hydrogen-bond donors (Lipinski definition) is 2. The Balaban J connectivity index is 1.94. The molecule has 3 N–H and O–H groups in total. The number of nitrogens with zero attached hydrogens (tertiary/aromatic N) is 1. The van der Waals surface area contributed by atoms with Crippen LogP contribution in [0.1, 0.15) is 18.4 Å². The Kier molecular flexibility index (Phi) is 5.33. The molecule has 5 heteroatoms. The molecule has 1 aromatic carbocycles. The van der Waals surface area contributed by atoms with E-state index >= 15 is 0 Å². The summed E-state index contributed by atoms with van der Waals surface area (Å²) in [5.74, 6) is -0.173. The standard InChI is InChI=1S/C16H23N3O2/c1-18-15(20)13-8-5-9-19(11-13)16(21)14(17)10-12-6-3-2-4-7-12/h2-4,6-7,13-14H,5,8-11,17H2,1H3,(H,18,20)/t13?,14-/m1/s1. The fourth-order valence-electron chi connectivity index (χ4n) is 2.79. The van der Waals surface area contributed by atoms with Gasteiger partial charge in [0.05, 0.1) is 12.0 Å². The summed E-state index contributed by atoms with van der Waals surface area (Å²) < 4.78 is 0. The van der Waals surface area contributed by atoms with Crippen LogP contribution >= 0.6 is 0 Å². The number of nitrogens with two attached hydrogens (primary N) is 1. The summed E-state index contributed by atoms with van der Waals surface area (Å²) in [6.07, 6.45) is 2.21. The van der Waals surface area contributed by atoms with Gasteiger partial charge < -0.3 is 16.0 Å². The van der Waals surface area contributed by atoms with Crippen LogP contribution in [-0.4, -0.2) is 42.9 Å². The average Bonchev–Trinajstić information content (AvgIpc) is 2.54. The molecule has 0 radical (unpaired) electrons. The maximum atomic E-state index is 12.4. The first-order chi connectivity index (χ1) is 10.1. The van der Waals surface area contributed by atoms with Gasteiger partial charge in [-0.25, -0.2) is 0 Å². The number of hydrogen-bond acceptors (Lipinski definition) is 3. The highest BCUT2D eigenvalue weighted by Crippen LogP contribution is 2.17. The molecule has 2 atom stereocenters. The maximum absolute atomic E-state index is 12.4. The summed E-state index contributed by atoms with van der Waals surface area (Å²) in [7, 11) is 1.63. The van der Waals surface area contributed by atoms with E-state index in [1.54, 1.807) is 11.9 Å². The van der Waals surface area contributed by atoms with Crippen molar-refractivity contribution >= 4 is 11.8 Å². The van der Waals surface area contributed by atoms with E-state index in [0.29, 0.717) is 19.5 Å². The minimum absolute atomic E-state index is 0.00382. The van der Waals surface area contributed by atoms with Crippen molar-refractivity contribution < 1.29 is 9.59 Å². The smallest absolute Gasteiger partial charge is 0.239 e. The summed E-state index contributed by atoms with van der Waals surface area (Å²) in [5.41, 5.74) is 7.10. The van der Waals surface area contributed by atoms with Gasteiger partial charge in [0, 0.05) is 20.1 Å². The molecule has 1 aromatic rings. The van der Waals surface area contributed by atoms with Gasteiger partial charge in [0.2, 0.25) is 11.8 Å². The van der Waals surface area contributed by atoms with E-state index < -0.39 is 6.04 Å². The van der Waals surface area contributed by atoms with Crippen LogP contribution in [0.4, 0.5) is 0 Å². The number of amides is 2. The van der Waals surface area contributed by atoms with Gasteiger partial charge in [-0.15, -0.1) is 0 Å². The van der Waals surface area contributed by atoms with E-state index in [-0.39, 0.29) is 17.7 Å². The second kappa shape index (κ2) is 7.22. The summed E-state index contributed by atoms with van der Waals surface area (Å²) in [5, 5.41) is 2.66. The van der Waals surface area contributed by atoms with Gasteiger partial charge >= 0.3 is 0 Å². The lowest BCUT2D eigenvalue weighted by Gasteiger charge is -2.33. The Bertz CT molecular complexity index is 490. The number of carbonyl (C=O) groups excluding carboxylic acids is 2. The molecule has 5 nitrogen and oxygen atoms in total. The largest absolute Gasteiger partial charge is 0.359 e. The third-order valence-electron chi connectivity index (χ3n) is 3.97. The monoisotopic (exact) mass is 289 g/mol. The van der Waals surface area contributed by atoms with Crippen LogP contribution in [0.25, 0.3) is 0 Å². The minimum atomic E-state index is -0.546. The Morgan fingerprint density at radius 2 is 2.10 bits per heavy atom. The van der Waals surface area contributed by atoms with E-state index in [1.165, 1.54) is 0 Å². The highest BCUT2D eigenvalue weighted by Gasteiger charge is 2.30. The molecular formula is C16H23N3O2. The van der Waals surface area contributed by atoms with Crippen LogP contribution in [0.3, 0.4) is 0 Å². The molecule has 2 amide bonds. The predicted octanol–water partition coefficient (Wildman–Crippen LogP) is 0.541. The first-order valence-electron chi connectivity index (χ1n) is 7.41. The predicted molar refractivity (Wildman–Crippen MR) is 81.5 cm³/mol. The molecule has 0 spiro atoms. The van der Waals surface area contributed by atoms with Crippen LogP contribution in [0.2, 0.25) is 0 Å². The van der Waals surface area contributed by atoms with Crippen molar-refractivity contribution in [2.45, 2.75) is 25.3 Å². The molecule has 1 aliphatic heterocycles. The number of carbonyl (C=O) groups is 2. The van der Waals surface area contributed by atoms with Gasteiger partial charge in [0.1, 0.15) is 0 Å². The van der Waals surface area contributed by atoms with Crippen molar-refractivity contribution in [3.8, 4) is 0 Å². The van der Waals surface area contributed by atoms with Gasteiger partial charge in [-0.1, -0.05) is 30.3 Å². The number of benzene rings is 1. The van der Waals surface area contributed by atoms with Gasteiger partial charge in [-0.3, -0.25) is 9.59 Å². The Morgan fingerprint density at radius 3 is 2.76 bits per heavy atom. The molecule has 114 valence electrons. The summed E-state index contributed by atoms with van der Waals surface area (Å²) >= 11 is 0. The lowest BCUT2D eigenvalue weighted by atomic mass is 9.96. The summed E-state index contributed by atoms with van der Waals surface area (Å²) in [4.78, 5) is 25.9. The van der Waals surface area contributed by atoms with E-state index in [2.05, 4.69) is 5.32 Å². The zero-order valence-electron chi connectivity index (χ0n) is 12.4. The average molecular weight is 289 g/mol. The van der Waals surface area contributed by atoms with Crippen molar-refractivity contribution in [3.05, 3.63) is 35.9 Å². The van der Waals surface area contributed by atoms with Crippen LogP contribution in [0.15, 0.2) is 30.3 Å². The molecule has 1 fully saturated rings. The molecule has 0 aromatic heterocycles. The zero-order valence-corrected chi connectivity index (χ0v) is 12.4. The van der Waals surface area contributed by atoms with Crippen LogP contribution < -0.4 is 11.1 Å². The molecular weight excluding hydrogens is 266 g/mol. The number of nitrogens with one attached hydrogen (secondary N) is 1. The molecule has 2 rings (SSSR count). The third kappa shape index (κ3) is 4.04.